The first-order valence-corrected chi connectivity index (χ1v) is 9.44. The molecule has 1 aromatic carbocycles. The molecule has 0 heterocycles. The zero-order chi connectivity index (χ0) is 21.0. The van der Waals surface area contributed by atoms with Gasteiger partial charge < -0.3 is 9.47 Å². The average Bonchev–Trinajstić information content (AvgIpc) is 2.41. The van der Waals surface area contributed by atoms with Crippen LogP contribution in [-0.4, -0.2) is 28.6 Å². The summed E-state index contributed by atoms with van der Waals surface area (Å²) in [6, 6.07) is 9.43. The lowest BCUT2D eigenvalue weighted by molar-refractivity contribution is -0.0173. The molecule has 1 aromatic rings. The Morgan fingerprint density at radius 1 is 0.704 bits per heavy atom. The Balaban J connectivity index is -0.000000543. The van der Waals surface area contributed by atoms with E-state index < -0.39 is 0 Å². The normalized spacial score (nSPS) is 11.2. The van der Waals surface area contributed by atoms with E-state index in [1.807, 2.05) is 18.2 Å². The van der Waals surface area contributed by atoms with Crippen molar-refractivity contribution in [2.24, 2.45) is 0 Å². The average molecular weight is 391 g/mol. The van der Waals surface area contributed by atoms with Gasteiger partial charge in [0.1, 0.15) is 0 Å². The molecule has 0 aromatic heterocycles. The topological polar surface area (TPSA) is 18.5 Å². The fourth-order valence-corrected chi connectivity index (χ4v) is 1.33. The minimum Gasteiger partial charge on any atom is -0.371 e. The van der Waals surface area contributed by atoms with Crippen LogP contribution in [0.4, 0.5) is 0 Å². The van der Waals surface area contributed by atoms with Gasteiger partial charge in [-0.1, -0.05) is 59.7 Å². The second-order valence-electron chi connectivity index (χ2n) is 9.50. The second kappa shape index (κ2) is 15.6. The van der Waals surface area contributed by atoms with E-state index in [0.29, 0.717) is 13.2 Å². The van der Waals surface area contributed by atoms with Gasteiger partial charge in [-0.05, 0) is 70.6 Å². The molecule has 0 fully saturated rings. The molecule has 0 aliphatic rings. The highest BCUT2D eigenvalue weighted by molar-refractivity contribution is 5.75. The first kappa shape index (κ1) is 31.4. The number of benzene rings is 1. The van der Waals surface area contributed by atoms with Crippen LogP contribution in [0.5, 0.6) is 0 Å². The van der Waals surface area contributed by atoms with Gasteiger partial charge in [0.25, 0.3) is 0 Å². The highest BCUT2D eigenvalue weighted by Gasteiger charge is 2.12. The number of hydrogen-bond acceptors (Lipinski definition) is 2. The van der Waals surface area contributed by atoms with Gasteiger partial charge in [-0.25, -0.2) is 0 Å². The molecule has 0 unspecified atom stereocenters. The Hall–Kier alpha value is -0.328. The van der Waals surface area contributed by atoms with Crippen LogP contribution in [0.2, 0.25) is 0 Å². The van der Waals surface area contributed by atoms with Crippen molar-refractivity contribution in [1.82, 2.24) is 0 Å². The summed E-state index contributed by atoms with van der Waals surface area (Å²) in [5, 5.41) is 0. The molecular formula is C24H43AlO2. The van der Waals surface area contributed by atoms with Gasteiger partial charge in [0.15, 0.2) is 0 Å². The van der Waals surface area contributed by atoms with Crippen molar-refractivity contribution in [3.8, 4) is 0 Å². The summed E-state index contributed by atoms with van der Waals surface area (Å²) in [4.78, 5) is 0. The minimum atomic E-state index is -0.119. The van der Waals surface area contributed by atoms with Crippen LogP contribution < -0.4 is 0 Å². The fraction of sp³-hybridized carbons (Fsp3) is 0.667. The van der Waals surface area contributed by atoms with Crippen molar-refractivity contribution in [1.29, 1.82) is 0 Å². The minimum absolute atomic E-state index is 0. The molecule has 1 rings (SSSR count). The summed E-state index contributed by atoms with van der Waals surface area (Å²) in [5.41, 5.74) is 1.90. The van der Waals surface area contributed by atoms with Crippen LogP contribution in [0.1, 0.15) is 94.2 Å². The molecule has 0 saturated carbocycles. The second-order valence-corrected chi connectivity index (χ2v) is 9.50. The maximum Gasteiger partial charge on any atom is 0.0730 e. The molecule has 0 bridgehead atoms. The zero-order valence-corrected chi connectivity index (χ0v) is 21.2. The van der Waals surface area contributed by atoms with Crippen molar-refractivity contribution >= 4 is 17.4 Å². The van der Waals surface area contributed by atoms with Crippen LogP contribution in [-0.2, 0) is 22.7 Å². The molecule has 0 amide bonds. The predicted molar refractivity (Wildman–Crippen MR) is 121 cm³/mol. The van der Waals surface area contributed by atoms with Gasteiger partial charge in [0.2, 0.25) is 0 Å². The van der Waals surface area contributed by atoms with E-state index in [-0.39, 0.29) is 28.6 Å². The first-order chi connectivity index (χ1) is 11.6. The predicted octanol–water partition coefficient (Wildman–Crippen LogP) is 6.98. The molecule has 27 heavy (non-hydrogen) atoms. The van der Waals surface area contributed by atoms with E-state index in [2.05, 4.69) is 89.2 Å². The maximum atomic E-state index is 5.74. The van der Waals surface area contributed by atoms with E-state index in [1.165, 1.54) is 11.8 Å². The fourth-order valence-electron chi connectivity index (χ4n) is 1.33. The smallest absolute Gasteiger partial charge is 0.0730 e. The quantitative estimate of drug-likeness (QED) is 0.516. The van der Waals surface area contributed by atoms with Crippen molar-refractivity contribution in [3.63, 3.8) is 0 Å². The summed E-state index contributed by atoms with van der Waals surface area (Å²) in [7, 11) is 0. The molecule has 0 spiro atoms. The third-order valence-corrected chi connectivity index (χ3v) is 2.24. The van der Waals surface area contributed by atoms with Gasteiger partial charge in [-0.3, -0.25) is 0 Å². The van der Waals surface area contributed by atoms with Gasteiger partial charge >= 0.3 is 0 Å². The third kappa shape index (κ3) is 30.6. The number of ether oxygens (including phenoxy) is 2. The molecule has 3 heteroatoms. The highest BCUT2D eigenvalue weighted by Crippen LogP contribution is 2.15. The number of rotatable bonds is 4. The van der Waals surface area contributed by atoms with Crippen LogP contribution in [0, 0.1) is 17.9 Å². The van der Waals surface area contributed by atoms with Crippen LogP contribution in [0.3, 0.4) is 0 Å². The molecule has 0 N–H and O–H groups in total. The SMILES string of the molecule is CC(C)(C)OCc1[c]c(COC(C)(C)C)ccc1.C[C](C)C.C[C](C)C.[Al]. The molecule has 0 saturated heterocycles. The lowest BCUT2D eigenvalue weighted by Gasteiger charge is -2.21. The summed E-state index contributed by atoms with van der Waals surface area (Å²) in [6.07, 6.45) is 0. The summed E-state index contributed by atoms with van der Waals surface area (Å²) in [5.74, 6) is 2.83. The summed E-state index contributed by atoms with van der Waals surface area (Å²) >= 11 is 0. The van der Waals surface area contributed by atoms with Crippen molar-refractivity contribution in [3.05, 3.63) is 47.2 Å². The van der Waals surface area contributed by atoms with Gasteiger partial charge in [0.05, 0.1) is 24.4 Å². The Morgan fingerprint density at radius 3 is 1.19 bits per heavy atom. The Bertz CT molecular complexity index is 409. The highest BCUT2D eigenvalue weighted by atomic mass is 27.0. The zero-order valence-electron chi connectivity index (χ0n) is 20.0. The first-order valence-electron chi connectivity index (χ1n) is 9.44. The van der Waals surface area contributed by atoms with Gasteiger partial charge in [-0.2, -0.15) is 0 Å². The van der Waals surface area contributed by atoms with Crippen molar-refractivity contribution < 1.29 is 9.47 Å². The molecule has 0 atom stereocenters. The summed E-state index contributed by atoms with van der Waals surface area (Å²) in [6.45, 7) is 26.0. The lowest BCUT2D eigenvalue weighted by atomic mass is 10.1. The van der Waals surface area contributed by atoms with Crippen LogP contribution in [0.15, 0.2) is 18.2 Å². The molecule has 6 radical (unpaired) electrons. The Labute approximate surface area is 181 Å². The van der Waals surface area contributed by atoms with Crippen LogP contribution in [0.25, 0.3) is 0 Å². The van der Waals surface area contributed by atoms with Gasteiger partial charge in [0, 0.05) is 17.4 Å². The van der Waals surface area contributed by atoms with E-state index in [1.54, 1.807) is 0 Å². The molecule has 154 valence electrons. The number of hydrogen-bond donors (Lipinski definition) is 0. The van der Waals surface area contributed by atoms with Crippen LogP contribution >= 0.6 is 0 Å². The van der Waals surface area contributed by atoms with Gasteiger partial charge in [-0.15, -0.1) is 0 Å². The molecule has 2 nitrogen and oxygen atoms in total. The Kier molecular flexibility index (Phi) is 18.1. The lowest BCUT2D eigenvalue weighted by Crippen LogP contribution is -2.19. The molecular weight excluding hydrogens is 347 g/mol. The largest absolute Gasteiger partial charge is 0.371 e. The van der Waals surface area contributed by atoms with E-state index in [4.69, 9.17) is 9.47 Å². The van der Waals surface area contributed by atoms with E-state index >= 15 is 0 Å². The van der Waals surface area contributed by atoms with E-state index in [9.17, 15) is 0 Å². The summed E-state index contributed by atoms with van der Waals surface area (Å²) < 4.78 is 11.5. The standard InChI is InChI=1S/C16H25O2.2C4H9.Al/c1-15(2,3)17-11-13-8-7-9-14(10-13)12-18-16(4,5)6;2*1-4(2)3;/h7-9H,11-12H2,1-6H3;2*1-3H3;. The van der Waals surface area contributed by atoms with Crippen molar-refractivity contribution in [2.45, 2.75) is 108 Å². The molecule has 0 aliphatic carbocycles. The third-order valence-electron chi connectivity index (χ3n) is 2.24. The molecule has 0 aliphatic heterocycles. The Morgan fingerprint density at radius 2 is 0.963 bits per heavy atom. The van der Waals surface area contributed by atoms with Crippen molar-refractivity contribution in [2.75, 3.05) is 0 Å². The monoisotopic (exact) mass is 390 g/mol. The van der Waals surface area contributed by atoms with E-state index in [0.717, 1.165) is 11.1 Å². The maximum absolute atomic E-state index is 5.74.